The lowest BCUT2D eigenvalue weighted by atomic mass is 9.87. The van der Waals surface area contributed by atoms with Crippen LogP contribution in [0.5, 0.6) is 5.75 Å². The molecule has 3 heterocycles. The van der Waals surface area contributed by atoms with E-state index in [1.807, 2.05) is 30.5 Å². The lowest BCUT2D eigenvalue weighted by Crippen LogP contribution is -2.32. The number of anilines is 1. The van der Waals surface area contributed by atoms with Crippen LogP contribution in [0.15, 0.2) is 42.7 Å². The molecule has 0 radical (unpaired) electrons. The number of hydrogen-bond acceptors (Lipinski definition) is 5. The monoisotopic (exact) mass is 381 g/mol. The molecule has 1 atom stereocenters. The SMILES string of the molecule is CC1(C)CN(Cc2cccnc2)c2ccc(OC(=O)NCC3CCOC3)cc21. The molecule has 0 bridgehead atoms. The van der Waals surface area contributed by atoms with Gasteiger partial charge in [0.15, 0.2) is 0 Å². The van der Waals surface area contributed by atoms with Crippen molar-refractivity contribution in [1.29, 1.82) is 0 Å². The minimum atomic E-state index is -0.408. The van der Waals surface area contributed by atoms with E-state index in [-0.39, 0.29) is 5.41 Å². The number of ether oxygens (including phenoxy) is 2. The van der Waals surface area contributed by atoms with Crippen LogP contribution in [0.25, 0.3) is 0 Å². The molecule has 6 nitrogen and oxygen atoms in total. The molecule has 2 aliphatic rings. The van der Waals surface area contributed by atoms with Crippen molar-refractivity contribution in [2.24, 2.45) is 5.92 Å². The molecular formula is C22H27N3O3. The lowest BCUT2D eigenvalue weighted by Gasteiger charge is -2.22. The first kappa shape index (κ1) is 18.7. The maximum Gasteiger partial charge on any atom is 0.412 e. The van der Waals surface area contributed by atoms with E-state index < -0.39 is 6.09 Å². The molecule has 1 N–H and O–H groups in total. The quantitative estimate of drug-likeness (QED) is 0.859. The highest BCUT2D eigenvalue weighted by Crippen LogP contribution is 2.42. The van der Waals surface area contributed by atoms with Crippen molar-refractivity contribution in [3.63, 3.8) is 0 Å². The second kappa shape index (κ2) is 7.80. The number of amides is 1. The largest absolute Gasteiger partial charge is 0.412 e. The summed E-state index contributed by atoms with van der Waals surface area (Å²) in [6.07, 6.45) is 4.28. The molecular weight excluding hydrogens is 354 g/mol. The van der Waals surface area contributed by atoms with E-state index >= 15 is 0 Å². The van der Waals surface area contributed by atoms with Crippen LogP contribution in [-0.4, -0.2) is 37.4 Å². The number of benzene rings is 1. The Morgan fingerprint density at radius 3 is 3.04 bits per heavy atom. The van der Waals surface area contributed by atoms with Crippen LogP contribution in [0.4, 0.5) is 10.5 Å². The van der Waals surface area contributed by atoms with Gasteiger partial charge in [-0.1, -0.05) is 19.9 Å². The number of aromatic nitrogens is 1. The molecule has 1 fully saturated rings. The zero-order chi connectivity index (χ0) is 19.6. The van der Waals surface area contributed by atoms with Gasteiger partial charge in [0.2, 0.25) is 0 Å². The fraction of sp³-hybridized carbons (Fsp3) is 0.455. The normalized spacial score (nSPS) is 20.1. The minimum Gasteiger partial charge on any atom is -0.410 e. The Hall–Kier alpha value is -2.60. The Morgan fingerprint density at radius 2 is 2.29 bits per heavy atom. The molecule has 1 amide bonds. The van der Waals surface area contributed by atoms with Gasteiger partial charge in [-0.15, -0.1) is 0 Å². The zero-order valence-electron chi connectivity index (χ0n) is 16.5. The maximum absolute atomic E-state index is 12.1. The number of carbonyl (C=O) groups is 1. The molecule has 2 aromatic rings. The predicted octanol–water partition coefficient (Wildman–Crippen LogP) is 3.50. The van der Waals surface area contributed by atoms with Gasteiger partial charge in [-0.25, -0.2) is 4.79 Å². The number of nitrogens with zero attached hydrogens (tertiary/aromatic N) is 2. The molecule has 0 saturated carbocycles. The molecule has 6 heteroatoms. The summed E-state index contributed by atoms with van der Waals surface area (Å²) in [4.78, 5) is 18.7. The van der Waals surface area contributed by atoms with Crippen LogP contribution in [0.3, 0.4) is 0 Å². The summed E-state index contributed by atoms with van der Waals surface area (Å²) in [5.41, 5.74) is 3.55. The van der Waals surface area contributed by atoms with Crippen LogP contribution in [-0.2, 0) is 16.7 Å². The highest BCUT2D eigenvalue weighted by atomic mass is 16.6. The van der Waals surface area contributed by atoms with Gasteiger partial charge in [0.05, 0.1) is 6.61 Å². The summed E-state index contributed by atoms with van der Waals surface area (Å²) in [6.45, 7) is 8.24. The fourth-order valence-electron chi connectivity index (χ4n) is 4.01. The van der Waals surface area contributed by atoms with Crippen LogP contribution < -0.4 is 15.0 Å². The van der Waals surface area contributed by atoms with Crippen LogP contribution in [0, 0.1) is 5.92 Å². The Labute approximate surface area is 165 Å². The van der Waals surface area contributed by atoms with Gasteiger partial charge in [0, 0.05) is 55.7 Å². The molecule has 1 saturated heterocycles. The van der Waals surface area contributed by atoms with E-state index in [2.05, 4.69) is 35.1 Å². The summed E-state index contributed by atoms with van der Waals surface area (Å²) in [7, 11) is 0. The van der Waals surface area contributed by atoms with Crippen molar-refractivity contribution in [2.75, 3.05) is 31.2 Å². The van der Waals surface area contributed by atoms with Crippen molar-refractivity contribution in [3.8, 4) is 5.75 Å². The Balaban J connectivity index is 1.43. The molecule has 0 aliphatic carbocycles. The summed E-state index contributed by atoms with van der Waals surface area (Å²) >= 11 is 0. The molecule has 2 aliphatic heterocycles. The average molecular weight is 381 g/mol. The molecule has 1 unspecified atom stereocenters. The van der Waals surface area contributed by atoms with Gasteiger partial charge in [-0.05, 0) is 41.8 Å². The van der Waals surface area contributed by atoms with Gasteiger partial charge in [-0.3, -0.25) is 4.98 Å². The zero-order valence-corrected chi connectivity index (χ0v) is 16.5. The summed E-state index contributed by atoms with van der Waals surface area (Å²) in [5, 5.41) is 2.84. The van der Waals surface area contributed by atoms with E-state index in [1.54, 1.807) is 6.20 Å². The number of pyridine rings is 1. The summed E-state index contributed by atoms with van der Waals surface area (Å²) < 4.78 is 10.9. The Morgan fingerprint density at radius 1 is 1.39 bits per heavy atom. The van der Waals surface area contributed by atoms with Gasteiger partial charge in [0.25, 0.3) is 0 Å². The van der Waals surface area contributed by atoms with Crippen molar-refractivity contribution in [2.45, 2.75) is 32.2 Å². The van der Waals surface area contributed by atoms with Gasteiger partial charge in [-0.2, -0.15) is 0 Å². The first-order chi connectivity index (χ1) is 13.5. The van der Waals surface area contributed by atoms with E-state index in [0.29, 0.717) is 24.8 Å². The van der Waals surface area contributed by atoms with Gasteiger partial charge in [0.1, 0.15) is 5.75 Å². The molecule has 1 aromatic heterocycles. The number of carbonyl (C=O) groups excluding carboxylic acids is 1. The maximum atomic E-state index is 12.1. The Kier molecular flexibility index (Phi) is 5.22. The van der Waals surface area contributed by atoms with Crippen LogP contribution >= 0.6 is 0 Å². The molecule has 148 valence electrons. The third kappa shape index (κ3) is 4.12. The van der Waals surface area contributed by atoms with E-state index in [9.17, 15) is 4.79 Å². The molecule has 1 aromatic carbocycles. The van der Waals surface area contributed by atoms with E-state index in [0.717, 1.165) is 26.1 Å². The van der Waals surface area contributed by atoms with Gasteiger partial charge < -0.3 is 19.7 Å². The summed E-state index contributed by atoms with van der Waals surface area (Å²) in [6, 6.07) is 9.97. The average Bonchev–Trinajstić information content (AvgIpc) is 3.28. The highest BCUT2D eigenvalue weighted by molar-refractivity contribution is 5.72. The van der Waals surface area contributed by atoms with E-state index in [1.165, 1.54) is 16.8 Å². The molecule has 0 spiro atoms. The number of hydrogen-bond donors (Lipinski definition) is 1. The smallest absolute Gasteiger partial charge is 0.410 e. The van der Waals surface area contributed by atoms with Crippen molar-refractivity contribution in [3.05, 3.63) is 53.9 Å². The van der Waals surface area contributed by atoms with Crippen molar-refractivity contribution in [1.82, 2.24) is 10.3 Å². The fourth-order valence-corrected chi connectivity index (χ4v) is 4.01. The Bertz CT molecular complexity index is 832. The number of nitrogens with one attached hydrogen (secondary N) is 1. The third-order valence-corrected chi connectivity index (χ3v) is 5.49. The lowest BCUT2D eigenvalue weighted by molar-refractivity contribution is 0.181. The minimum absolute atomic E-state index is 0.0193. The first-order valence-corrected chi connectivity index (χ1v) is 9.83. The molecule has 28 heavy (non-hydrogen) atoms. The number of rotatable bonds is 5. The second-order valence-corrected chi connectivity index (χ2v) is 8.28. The van der Waals surface area contributed by atoms with Crippen molar-refractivity contribution >= 4 is 11.8 Å². The van der Waals surface area contributed by atoms with E-state index in [4.69, 9.17) is 9.47 Å². The molecule has 4 rings (SSSR count). The predicted molar refractivity (Wildman–Crippen MR) is 108 cm³/mol. The first-order valence-electron chi connectivity index (χ1n) is 9.83. The van der Waals surface area contributed by atoms with Crippen LogP contribution in [0.2, 0.25) is 0 Å². The van der Waals surface area contributed by atoms with Crippen molar-refractivity contribution < 1.29 is 14.3 Å². The highest BCUT2D eigenvalue weighted by Gasteiger charge is 2.35. The number of fused-ring (bicyclic) bond motifs is 1. The summed E-state index contributed by atoms with van der Waals surface area (Å²) in [5.74, 6) is 0.961. The second-order valence-electron chi connectivity index (χ2n) is 8.28. The van der Waals surface area contributed by atoms with Gasteiger partial charge >= 0.3 is 6.09 Å². The van der Waals surface area contributed by atoms with Crippen LogP contribution in [0.1, 0.15) is 31.4 Å². The topological polar surface area (TPSA) is 63.7 Å². The third-order valence-electron chi connectivity index (χ3n) is 5.49. The standard InChI is InChI=1S/C22H27N3O3/c1-22(2)15-25(13-16-4-3-8-23-11-16)20-6-5-18(10-19(20)22)28-21(26)24-12-17-7-9-27-14-17/h3-6,8,10-11,17H,7,9,12-15H2,1-2H3,(H,24,26).